The van der Waals surface area contributed by atoms with Gasteiger partial charge in [-0.25, -0.2) is 4.98 Å². The highest BCUT2D eigenvalue weighted by Crippen LogP contribution is 2.34. The number of primary amides is 1. The van der Waals surface area contributed by atoms with Crippen molar-refractivity contribution in [2.24, 2.45) is 11.7 Å². The molecule has 1 aromatic heterocycles. The minimum absolute atomic E-state index is 0.0207. The predicted octanol–water partition coefficient (Wildman–Crippen LogP) is 2.76. The second-order valence-electron chi connectivity index (χ2n) is 16.4. The molecule has 68 heavy (non-hydrogen) atoms. The van der Waals surface area contributed by atoms with E-state index in [-0.39, 0.29) is 93.8 Å². The summed E-state index contributed by atoms with van der Waals surface area (Å²) < 4.78 is 37.9. The van der Waals surface area contributed by atoms with Gasteiger partial charge in [-0.1, -0.05) is 39.0 Å². The molecular weight excluding hydrogens is 925 g/mol. The topological polar surface area (TPSA) is 262 Å². The molecule has 5 N–H and O–H groups in total. The minimum Gasteiger partial charge on any atom is -0.379 e. The highest BCUT2D eigenvalue weighted by atomic mass is 32.2. The maximum atomic E-state index is 12.9. The minimum atomic E-state index is -0.490. The molecule has 1 fully saturated rings. The van der Waals surface area contributed by atoms with Gasteiger partial charge in [0.1, 0.15) is 19.0 Å². The van der Waals surface area contributed by atoms with Crippen LogP contribution in [0.2, 0.25) is 0 Å². The van der Waals surface area contributed by atoms with E-state index in [1.165, 1.54) is 52.1 Å². The molecule has 3 rings (SSSR count). The average Bonchev–Trinajstić information content (AvgIpc) is 3.84. The van der Waals surface area contributed by atoms with E-state index < -0.39 is 11.2 Å². The summed E-state index contributed by atoms with van der Waals surface area (Å²) in [6.07, 6.45) is 10.9. The number of thiazole rings is 1. The van der Waals surface area contributed by atoms with Gasteiger partial charge in [-0.2, -0.15) is 0 Å². The molecule has 1 saturated heterocycles. The fraction of sp³-hybridized carbons (Fsp3) is 0.783. The van der Waals surface area contributed by atoms with E-state index in [0.717, 1.165) is 56.4 Å². The van der Waals surface area contributed by atoms with E-state index >= 15 is 0 Å². The number of rotatable bonds is 43. The lowest BCUT2D eigenvalue weighted by Crippen LogP contribution is -2.36. The zero-order valence-electron chi connectivity index (χ0n) is 40.0. The van der Waals surface area contributed by atoms with Crippen molar-refractivity contribution in [1.82, 2.24) is 20.5 Å². The Hall–Kier alpha value is -3.61. The first kappa shape index (κ1) is 58.7. The van der Waals surface area contributed by atoms with Crippen molar-refractivity contribution in [2.75, 3.05) is 123 Å². The fourth-order valence-electron chi connectivity index (χ4n) is 7.07. The van der Waals surface area contributed by atoms with Crippen LogP contribution in [0.1, 0.15) is 101 Å². The van der Waals surface area contributed by atoms with Crippen LogP contribution in [0.5, 0.6) is 0 Å². The van der Waals surface area contributed by atoms with Crippen LogP contribution in [0.15, 0.2) is 0 Å². The van der Waals surface area contributed by atoms with Crippen molar-refractivity contribution in [3.8, 4) is 0 Å². The van der Waals surface area contributed by atoms with Crippen LogP contribution in [-0.4, -0.2) is 174 Å². The quantitative estimate of drug-likeness (QED) is 0.0542. The molecule has 22 heteroatoms. The third-order valence-corrected chi connectivity index (χ3v) is 13.1. The number of unbranched alkanes of at least 4 members (excludes halogenated alkanes) is 4. The Balaban J connectivity index is 1.04. The first-order valence-corrected chi connectivity index (χ1v) is 26.0. The van der Waals surface area contributed by atoms with Gasteiger partial charge >= 0.3 is 0 Å². The number of amides is 6. The first-order chi connectivity index (χ1) is 33.0. The molecule has 1 aliphatic carbocycles. The van der Waals surface area contributed by atoms with Crippen LogP contribution in [0.3, 0.4) is 0 Å². The number of ether oxygens (including phenoxy) is 7. The van der Waals surface area contributed by atoms with Gasteiger partial charge < -0.3 is 49.5 Å². The van der Waals surface area contributed by atoms with Crippen LogP contribution in [0.4, 0.5) is 5.13 Å². The van der Waals surface area contributed by atoms with E-state index in [1.54, 1.807) is 0 Å². The first-order valence-electron chi connectivity index (χ1n) is 24.2. The number of ketones is 1. The number of nitrogens with zero attached hydrogens (tertiary/aromatic N) is 2. The Morgan fingerprint density at radius 1 is 0.691 bits per heavy atom. The summed E-state index contributed by atoms with van der Waals surface area (Å²) in [5.74, 6) is -0.509. The summed E-state index contributed by atoms with van der Waals surface area (Å²) >= 11 is 3.01. The number of hydrogen-bond donors (Lipinski definition) is 4. The van der Waals surface area contributed by atoms with Gasteiger partial charge in [0.2, 0.25) is 29.5 Å². The second-order valence-corrected chi connectivity index (χ2v) is 18.8. The van der Waals surface area contributed by atoms with Gasteiger partial charge in [0, 0.05) is 56.6 Å². The number of carbonyl (C=O) groups excluding carboxylic acids is 7. The number of aryl methyl sites for hydroxylation is 1. The summed E-state index contributed by atoms with van der Waals surface area (Å²) in [5, 5.41) is 8.52. The molecule has 2 atom stereocenters. The number of likely N-dealkylation sites (tertiary alicyclic amines) is 1. The molecule has 20 nitrogen and oxygen atoms in total. The Kier molecular flexibility index (Phi) is 32.2. The number of anilines is 1. The molecule has 0 spiro atoms. The van der Waals surface area contributed by atoms with Gasteiger partial charge in [0.15, 0.2) is 5.13 Å². The van der Waals surface area contributed by atoms with Crippen LogP contribution >= 0.6 is 23.1 Å². The van der Waals surface area contributed by atoms with Gasteiger partial charge in [-0.05, 0) is 43.8 Å². The lowest BCUT2D eigenvalue weighted by atomic mass is 9.87. The summed E-state index contributed by atoms with van der Waals surface area (Å²) in [4.78, 5) is 91.5. The third kappa shape index (κ3) is 27.5. The Morgan fingerprint density at radius 3 is 1.97 bits per heavy atom. The zero-order valence-corrected chi connectivity index (χ0v) is 41.6. The van der Waals surface area contributed by atoms with Gasteiger partial charge in [0.25, 0.3) is 5.91 Å². The lowest BCUT2D eigenvalue weighted by Gasteiger charge is -2.20. The van der Waals surface area contributed by atoms with Crippen molar-refractivity contribution in [3.63, 3.8) is 0 Å². The molecule has 1 unspecified atom stereocenters. The number of thioether (sulfide) groups is 1. The molecule has 0 radical (unpaired) electrons. The number of fused-ring (bicyclic) bond motifs is 1. The monoisotopic (exact) mass is 1000 g/mol. The van der Waals surface area contributed by atoms with Crippen LogP contribution < -0.4 is 21.7 Å². The van der Waals surface area contributed by atoms with Gasteiger partial charge in [-0.15, -0.1) is 23.1 Å². The molecule has 6 amide bonds. The molecular formula is C46H76N6O14S2. The number of imide groups is 1. The third-order valence-electron chi connectivity index (χ3n) is 10.8. The van der Waals surface area contributed by atoms with Crippen molar-refractivity contribution in [2.45, 2.75) is 108 Å². The molecule has 1 aromatic rings. The Labute approximate surface area is 409 Å². The highest BCUT2D eigenvalue weighted by molar-refractivity contribution is 8.00. The molecule has 0 saturated carbocycles. The maximum absolute atomic E-state index is 12.9. The van der Waals surface area contributed by atoms with Gasteiger partial charge in [0.05, 0.1) is 90.2 Å². The van der Waals surface area contributed by atoms with Crippen LogP contribution in [0, 0.1) is 5.92 Å². The standard InChI is InChI=1S/C46H76N6O14S2/c1-2-3-8-35-9-11-37-38(31-35)68-46(50-37)51-43(57)34-66-33-42(56)48-15-6-4-5-7-30-67-39-32-44(58)52(45(39)59)17-13-41(55)49-16-19-61-21-23-63-25-27-65-29-28-64-26-24-62-22-20-60-18-14-36(53)10-12-40(47)54/h35,39H,2-34H2,1H3,(H2,47,54)(H,48,56)(H,49,55)(H,50,51,57)/t35-,39?/m0/s1. The normalized spacial score (nSPS) is 15.7. The van der Waals surface area contributed by atoms with Crippen LogP contribution in [0.25, 0.3) is 0 Å². The summed E-state index contributed by atoms with van der Waals surface area (Å²) in [6.45, 7) is 7.12. The van der Waals surface area contributed by atoms with Crippen molar-refractivity contribution >= 4 is 69.5 Å². The number of Topliss-reactive ketones (excluding diaryl/α,β-unsaturated/α-hetero) is 1. The highest BCUT2D eigenvalue weighted by Gasteiger charge is 2.38. The van der Waals surface area contributed by atoms with E-state index in [1.807, 2.05) is 0 Å². The zero-order chi connectivity index (χ0) is 49.0. The SMILES string of the molecule is CCCC[C@H]1CCc2nc(NC(=O)COCC(=O)NCCCCCCSC3CC(=O)N(CCC(=O)NCCOCCOCCOCCOCCOCCOCCC(=O)CCC(N)=O)C3=O)sc2C1. The molecule has 2 heterocycles. The number of nitrogens with one attached hydrogen (secondary N) is 3. The predicted molar refractivity (Wildman–Crippen MR) is 256 cm³/mol. The van der Waals surface area contributed by atoms with Crippen LogP contribution in [-0.2, 0) is 79.6 Å². The van der Waals surface area contributed by atoms with E-state index in [4.69, 9.17) is 38.9 Å². The lowest BCUT2D eigenvalue weighted by molar-refractivity contribution is -0.139. The van der Waals surface area contributed by atoms with E-state index in [2.05, 4.69) is 27.9 Å². The molecule has 2 aliphatic rings. The van der Waals surface area contributed by atoms with E-state index in [9.17, 15) is 33.6 Å². The molecule has 0 bridgehead atoms. The van der Waals surface area contributed by atoms with Crippen molar-refractivity contribution in [3.05, 3.63) is 10.6 Å². The number of nitrogens with two attached hydrogens (primary N) is 1. The molecule has 0 aromatic carbocycles. The number of carbonyl (C=O) groups is 7. The maximum Gasteiger partial charge on any atom is 0.252 e. The van der Waals surface area contributed by atoms with Crippen molar-refractivity contribution < 1.29 is 66.7 Å². The van der Waals surface area contributed by atoms with E-state index in [0.29, 0.717) is 96.8 Å². The Bertz CT molecular complexity index is 1660. The summed E-state index contributed by atoms with van der Waals surface area (Å²) in [7, 11) is 0. The smallest absolute Gasteiger partial charge is 0.252 e. The largest absolute Gasteiger partial charge is 0.379 e. The average molecular weight is 1000 g/mol. The second kappa shape index (κ2) is 37.2. The molecule has 386 valence electrons. The Morgan fingerprint density at radius 2 is 1.31 bits per heavy atom. The fourth-order valence-corrected chi connectivity index (χ4v) is 9.39. The van der Waals surface area contributed by atoms with Gasteiger partial charge in [-0.3, -0.25) is 43.8 Å². The summed E-state index contributed by atoms with van der Waals surface area (Å²) in [5.41, 5.74) is 6.11. The number of aromatic nitrogens is 1. The number of hydrogen-bond acceptors (Lipinski definition) is 17. The summed E-state index contributed by atoms with van der Waals surface area (Å²) in [6, 6.07) is 0. The van der Waals surface area contributed by atoms with Crippen molar-refractivity contribution in [1.29, 1.82) is 0 Å². The molecule has 1 aliphatic heterocycles.